The molecule has 174 valence electrons. The zero-order chi connectivity index (χ0) is 24.2. The largest absolute Gasteiger partial charge is 0.478 e. The van der Waals surface area contributed by atoms with Crippen LogP contribution in [0, 0.1) is 0 Å². The Morgan fingerprint density at radius 1 is 1.00 bits per heavy atom. The second kappa shape index (κ2) is 10.1. The number of hydrogen-bond donors (Lipinski definition) is 3. The molecule has 0 fully saturated rings. The highest BCUT2D eigenvalue weighted by Gasteiger charge is 2.29. The number of rotatable bonds is 7. The fraction of sp³-hybridized carbons (Fsp3) is 0.192. The van der Waals surface area contributed by atoms with Crippen LogP contribution in [0.1, 0.15) is 40.7 Å². The van der Waals surface area contributed by atoms with Crippen LogP contribution in [-0.4, -0.2) is 35.7 Å². The quantitative estimate of drug-likeness (QED) is 0.385. The van der Waals surface area contributed by atoms with Gasteiger partial charge in [-0.25, -0.2) is 9.59 Å². The number of carboxylic acid groups (broad SMARTS) is 1. The zero-order valence-corrected chi connectivity index (χ0v) is 20.0. The van der Waals surface area contributed by atoms with Crippen LogP contribution in [0.25, 0.3) is 11.1 Å². The highest BCUT2D eigenvalue weighted by molar-refractivity contribution is 9.10. The van der Waals surface area contributed by atoms with E-state index in [-0.39, 0.29) is 18.1 Å². The van der Waals surface area contributed by atoms with Crippen molar-refractivity contribution in [3.63, 3.8) is 0 Å². The number of amides is 2. The molecule has 34 heavy (non-hydrogen) atoms. The van der Waals surface area contributed by atoms with Gasteiger partial charge in [-0.1, -0.05) is 55.5 Å². The Morgan fingerprint density at radius 3 is 2.21 bits per heavy atom. The van der Waals surface area contributed by atoms with Gasteiger partial charge in [-0.3, -0.25) is 4.79 Å². The average molecular weight is 523 g/mol. The molecule has 3 aromatic rings. The Labute approximate surface area is 205 Å². The lowest BCUT2D eigenvalue weighted by atomic mass is 9.98. The molecule has 0 heterocycles. The van der Waals surface area contributed by atoms with Crippen molar-refractivity contribution in [3.8, 4) is 11.1 Å². The molecule has 0 radical (unpaired) electrons. The molecule has 4 rings (SSSR count). The van der Waals surface area contributed by atoms with Crippen LogP contribution in [0.2, 0.25) is 0 Å². The summed E-state index contributed by atoms with van der Waals surface area (Å²) in [6.07, 6.45) is -0.357. The van der Waals surface area contributed by atoms with E-state index in [4.69, 9.17) is 4.74 Å². The van der Waals surface area contributed by atoms with Gasteiger partial charge >= 0.3 is 12.1 Å². The van der Waals surface area contributed by atoms with Crippen molar-refractivity contribution < 1.29 is 24.2 Å². The fourth-order valence-corrected chi connectivity index (χ4v) is 4.55. The van der Waals surface area contributed by atoms with Crippen LogP contribution in [0.4, 0.5) is 10.5 Å². The number of alkyl carbamates (subject to hydrolysis) is 1. The van der Waals surface area contributed by atoms with Gasteiger partial charge in [0.25, 0.3) is 0 Å². The van der Waals surface area contributed by atoms with Gasteiger partial charge in [0.15, 0.2) is 0 Å². The first-order chi connectivity index (χ1) is 16.4. The SMILES string of the molecule is CC[C@@H](NC(=O)OCC1c2ccccc2-c2ccccc21)C(=O)Nc1ccc(Br)c(C(=O)O)c1. The van der Waals surface area contributed by atoms with E-state index in [1.54, 1.807) is 19.1 Å². The Balaban J connectivity index is 1.39. The number of halogens is 1. The predicted octanol–water partition coefficient (Wildman–Crippen LogP) is 5.40. The van der Waals surface area contributed by atoms with Crippen molar-refractivity contribution in [2.75, 3.05) is 11.9 Å². The number of fused-ring (bicyclic) bond motifs is 3. The number of nitrogens with one attached hydrogen (secondary N) is 2. The second-order valence-electron chi connectivity index (χ2n) is 7.92. The molecule has 0 saturated heterocycles. The number of benzene rings is 3. The van der Waals surface area contributed by atoms with Gasteiger partial charge in [0.05, 0.1) is 5.56 Å². The highest BCUT2D eigenvalue weighted by atomic mass is 79.9. The van der Waals surface area contributed by atoms with Gasteiger partial charge in [-0.2, -0.15) is 0 Å². The van der Waals surface area contributed by atoms with E-state index in [1.165, 1.54) is 6.07 Å². The maximum Gasteiger partial charge on any atom is 0.407 e. The van der Waals surface area contributed by atoms with Gasteiger partial charge < -0.3 is 20.5 Å². The number of ether oxygens (including phenoxy) is 1. The minimum absolute atomic E-state index is 0.0235. The Hall–Kier alpha value is -3.65. The third-order valence-electron chi connectivity index (χ3n) is 5.82. The van der Waals surface area contributed by atoms with Crippen molar-refractivity contribution >= 4 is 39.6 Å². The number of carbonyl (C=O) groups excluding carboxylic acids is 2. The summed E-state index contributed by atoms with van der Waals surface area (Å²) in [7, 11) is 0. The van der Waals surface area contributed by atoms with Crippen LogP contribution in [-0.2, 0) is 9.53 Å². The predicted molar refractivity (Wildman–Crippen MR) is 132 cm³/mol. The molecule has 0 aliphatic heterocycles. The first kappa shape index (κ1) is 23.5. The first-order valence-electron chi connectivity index (χ1n) is 10.8. The molecule has 3 aromatic carbocycles. The lowest BCUT2D eigenvalue weighted by Gasteiger charge is -2.19. The Morgan fingerprint density at radius 2 is 1.62 bits per heavy atom. The van der Waals surface area contributed by atoms with Crippen molar-refractivity contribution in [1.29, 1.82) is 0 Å². The fourth-order valence-electron chi connectivity index (χ4n) is 4.13. The minimum atomic E-state index is -1.12. The third-order valence-corrected chi connectivity index (χ3v) is 6.52. The lowest BCUT2D eigenvalue weighted by Crippen LogP contribution is -2.43. The van der Waals surface area contributed by atoms with Crippen LogP contribution in [0.3, 0.4) is 0 Å². The molecular formula is C26H23BrN2O5. The standard InChI is InChI=1S/C26H23BrN2O5/c1-2-23(24(30)28-15-11-12-22(27)20(13-15)25(31)32)29-26(33)34-14-21-18-9-5-3-7-16(18)17-8-4-6-10-19(17)21/h3-13,21,23H,2,14H2,1H3,(H,28,30)(H,29,33)(H,31,32)/t23-/m1/s1. The van der Waals surface area contributed by atoms with E-state index in [0.717, 1.165) is 22.3 Å². The van der Waals surface area contributed by atoms with Crippen molar-refractivity contribution in [3.05, 3.63) is 87.9 Å². The highest BCUT2D eigenvalue weighted by Crippen LogP contribution is 2.44. The number of carboxylic acids is 1. The van der Waals surface area contributed by atoms with Crippen LogP contribution >= 0.6 is 15.9 Å². The van der Waals surface area contributed by atoms with Gasteiger partial charge in [0, 0.05) is 16.1 Å². The summed E-state index contributed by atoms with van der Waals surface area (Å²) in [6, 6.07) is 19.7. The molecular weight excluding hydrogens is 500 g/mol. The van der Waals surface area contributed by atoms with E-state index in [1.807, 2.05) is 36.4 Å². The molecule has 8 heteroatoms. The number of aromatic carboxylic acids is 1. The van der Waals surface area contributed by atoms with Crippen molar-refractivity contribution in [2.45, 2.75) is 25.3 Å². The van der Waals surface area contributed by atoms with E-state index in [2.05, 4.69) is 38.7 Å². The summed E-state index contributed by atoms with van der Waals surface area (Å²) >= 11 is 3.17. The molecule has 3 N–H and O–H groups in total. The van der Waals surface area contributed by atoms with Gasteiger partial charge in [-0.15, -0.1) is 0 Å². The molecule has 7 nitrogen and oxygen atoms in total. The van der Waals surface area contributed by atoms with Crippen LogP contribution in [0.15, 0.2) is 71.2 Å². The first-order valence-corrected chi connectivity index (χ1v) is 11.6. The summed E-state index contributed by atoms with van der Waals surface area (Å²) in [5.74, 6) is -1.66. The third kappa shape index (κ3) is 4.82. The monoisotopic (exact) mass is 522 g/mol. The summed E-state index contributed by atoms with van der Waals surface area (Å²) in [5, 5.41) is 14.5. The summed E-state index contributed by atoms with van der Waals surface area (Å²) in [5.41, 5.74) is 4.81. The summed E-state index contributed by atoms with van der Waals surface area (Å²) in [4.78, 5) is 36.5. The smallest absolute Gasteiger partial charge is 0.407 e. The number of hydrogen-bond acceptors (Lipinski definition) is 4. The molecule has 1 atom stereocenters. The number of carbonyl (C=O) groups is 3. The maximum absolute atomic E-state index is 12.7. The topological polar surface area (TPSA) is 105 Å². The maximum atomic E-state index is 12.7. The van der Waals surface area contributed by atoms with Crippen LogP contribution in [0.5, 0.6) is 0 Å². The number of anilines is 1. The molecule has 0 spiro atoms. The van der Waals surface area contributed by atoms with E-state index in [0.29, 0.717) is 16.6 Å². The van der Waals surface area contributed by atoms with Crippen molar-refractivity contribution in [2.24, 2.45) is 0 Å². The molecule has 0 saturated carbocycles. The normalized spacial score (nSPS) is 12.9. The van der Waals surface area contributed by atoms with Gasteiger partial charge in [0.2, 0.25) is 5.91 Å². The molecule has 0 aromatic heterocycles. The average Bonchev–Trinajstić information content (AvgIpc) is 3.16. The Bertz CT molecular complexity index is 1210. The second-order valence-corrected chi connectivity index (χ2v) is 8.77. The Kier molecular flexibility index (Phi) is 6.98. The zero-order valence-electron chi connectivity index (χ0n) is 18.4. The van der Waals surface area contributed by atoms with E-state index >= 15 is 0 Å². The lowest BCUT2D eigenvalue weighted by molar-refractivity contribution is -0.118. The molecule has 0 unspecified atom stereocenters. The summed E-state index contributed by atoms with van der Waals surface area (Å²) in [6.45, 7) is 1.91. The summed E-state index contributed by atoms with van der Waals surface area (Å²) < 4.78 is 5.93. The van der Waals surface area contributed by atoms with Gasteiger partial charge in [-0.05, 0) is 62.8 Å². The van der Waals surface area contributed by atoms with E-state index < -0.39 is 24.0 Å². The van der Waals surface area contributed by atoms with E-state index in [9.17, 15) is 19.5 Å². The minimum Gasteiger partial charge on any atom is -0.478 e. The van der Waals surface area contributed by atoms with Crippen LogP contribution < -0.4 is 10.6 Å². The van der Waals surface area contributed by atoms with Gasteiger partial charge in [0.1, 0.15) is 12.6 Å². The molecule has 1 aliphatic rings. The van der Waals surface area contributed by atoms with Crippen molar-refractivity contribution in [1.82, 2.24) is 5.32 Å². The molecule has 2 amide bonds. The molecule has 1 aliphatic carbocycles. The molecule has 0 bridgehead atoms.